The Hall–Kier alpha value is -1.14. The molecule has 0 aromatic carbocycles. The smallest absolute Gasteiger partial charge is 0.305 e. The van der Waals surface area contributed by atoms with Crippen LogP contribution in [0.2, 0.25) is 0 Å². The minimum Gasteiger partial charge on any atom is -0.466 e. The molecule has 1 amide bonds. The molecule has 0 rings (SSSR count). The van der Waals surface area contributed by atoms with E-state index in [1.54, 1.807) is 0 Å². The van der Waals surface area contributed by atoms with Crippen LogP contribution in [-0.2, 0) is 14.3 Å². The predicted octanol–water partition coefficient (Wildman–Crippen LogP) is 28.4. The Kier molecular flexibility index (Phi) is 80.3. The van der Waals surface area contributed by atoms with Gasteiger partial charge in [-0.05, 0) is 25.7 Å². The molecule has 544 valence electrons. The van der Waals surface area contributed by atoms with E-state index in [9.17, 15) is 19.8 Å². The second-order valence-electron chi connectivity index (χ2n) is 29.9. The van der Waals surface area contributed by atoms with Gasteiger partial charge in [-0.2, -0.15) is 0 Å². The molecular weight excluding hydrogens is 1110 g/mol. The summed E-state index contributed by atoms with van der Waals surface area (Å²) in [7, 11) is 0. The molecule has 3 N–H and O–H groups in total. The van der Waals surface area contributed by atoms with Crippen LogP contribution in [0.1, 0.15) is 508 Å². The molecule has 0 saturated heterocycles. The molecule has 0 heterocycles. The largest absolute Gasteiger partial charge is 0.466 e. The summed E-state index contributed by atoms with van der Waals surface area (Å²) in [4.78, 5) is 24.7. The number of esters is 1. The fourth-order valence-electron chi connectivity index (χ4n) is 14.2. The molecular formula is C85H169NO5. The van der Waals surface area contributed by atoms with Gasteiger partial charge in [-0.3, -0.25) is 9.59 Å². The molecule has 0 aromatic rings. The molecule has 0 bridgehead atoms. The van der Waals surface area contributed by atoms with E-state index in [0.29, 0.717) is 25.9 Å². The maximum Gasteiger partial charge on any atom is 0.305 e. The zero-order valence-electron chi connectivity index (χ0n) is 62.6. The summed E-state index contributed by atoms with van der Waals surface area (Å²) in [6.07, 6.45) is 102. The number of aliphatic hydroxyl groups is 2. The van der Waals surface area contributed by atoms with Gasteiger partial charge in [0, 0.05) is 12.8 Å². The van der Waals surface area contributed by atoms with Crippen LogP contribution in [-0.4, -0.2) is 47.4 Å². The van der Waals surface area contributed by atoms with Gasteiger partial charge < -0.3 is 20.3 Å². The number of carbonyl (C=O) groups excluding carboxylic acids is 2. The summed E-state index contributed by atoms with van der Waals surface area (Å²) in [5.74, 6) is 0.00480. The van der Waals surface area contributed by atoms with Gasteiger partial charge in [0.2, 0.25) is 5.91 Å². The minimum absolute atomic E-state index is 0.0235. The van der Waals surface area contributed by atoms with E-state index in [1.807, 2.05) is 0 Å². The molecule has 91 heavy (non-hydrogen) atoms. The van der Waals surface area contributed by atoms with Crippen molar-refractivity contribution in [1.82, 2.24) is 5.32 Å². The summed E-state index contributed by atoms with van der Waals surface area (Å²) in [6, 6.07) is -0.538. The van der Waals surface area contributed by atoms with Gasteiger partial charge in [0.1, 0.15) is 0 Å². The van der Waals surface area contributed by atoms with Crippen molar-refractivity contribution < 1.29 is 24.5 Å². The number of hydrogen-bond donors (Lipinski definition) is 3. The van der Waals surface area contributed by atoms with Gasteiger partial charge in [0.25, 0.3) is 0 Å². The third kappa shape index (κ3) is 77.7. The van der Waals surface area contributed by atoms with Crippen molar-refractivity contribution >= 4 is 11.9 Å². The van der Waals surface area contributed by atoms with E-state index in [0.717, 1.165) is 38.5 Å². The fraction of sp³-hybridized carbons (Fsp3) is 0.976. The maximum absolute atomic E-state index is 12.6. The third-order valence-electron chi connectivity index (χ3n) is 20.7. The molecule has 2 unspecified atom stereocenters. The van der Waals surface area contributed by atoms with E-state index >= 15 is 0 Å². The number of aliphatic hydroxyl groups excluding tert-OH is 2. The fourth-order valence-corrected chi connectivity index (χ4v) is 14.2. The Balaban J connectivity index is 3.30. The number of hydrogen-bond acceptors (Lipinski definition) is 5. The number of rotatable bonds is 82. The highest BCUT2D eigenvalue weighted by molar-refractivity contribution is 5.76. The maximum atomic E-state index is 12.6. The molecule has 0 aliphatic rings. The van der Waals surface area contributed by atoms with E-state index in [2.05, 4.69) is 19.2 Å². The highest BCUT2D eigenvalue weighted by Crippen LogP contribution is 2.21. The van der Waals surface area contributed by atoms with Crippen molar-refractivity contribution in [3.05, 3.63) is 0 Å². The van der Waals surface area contributed by atoms with Crippen molar-refractivity contribution in [1.29, 1.82) is 0 Å². The number of amides is 1. The van der Waals surface area contributed by atoms with Crippen LogP contribution >= 0.6 is 0 Å². The lowest BCUT2D eigenvalue weighted by atomic mass is 10.0. The van der Waals surface area contributed by atoms with Gasteiger partial charge in [-0.15, -0.1) is 0 Å². The standard InChI is InChI=1S/C85H169NO5/c1-3-5-7-9-11-13-15-17-19-21-23-24-38-42-45-49-53-57-61-65-69-73-77-83(88)82(81-87)86-84(89)78-74-70-66-62-58-54-50-46-43-39-36-34-32-30-28-26-25-27-29-31-33-35-37-40-44-48-52-56-60-64-68-72-76-80-91-85(90)79-75-71-67-63-59-55-51-47-41-22-20-18-16-14-12-10-8-6-4-2/h82-83,87-88H,3-81H2,1-2H3,(H,86,89). The number of ether oxygens (including phenoxy) is 1. The average molecular weight is 1290 g/mol. The molecule has 0 spiro atoms. The number of carbonyl (C=O) groups is 2. The molecule has 0 fully saturated rings. The second-order valence-corrected chi connectivity index (χ2v) is 29.9. The van der Waals surface area contributed by atoms with Crippen molar-refractivity contribution in [2.75, 3.05) is 13.2 Å². The summed E-state index contributed by atoms with van der Waals surface area (Å²) in [5.41, 5.74) is 0. The summed E-state index contributed by atoms with van der Waals surface area (Å²) in [6.45, 7) is 5.03. The first-order chi connectivity index (χ1) is 45.0. The number of nitrogens with one attached hydrogen (secondary N) is 1. The molecule has 0 saturated carbocycles. The summed E-state index contributed by atoms with van der Waals surface area (Å²) >= 11 is 0. The molecule has 6 heteroatoms. The first kappa shape index (κ1) is 89.9. The van der Waals surface area contributed by atoms with Gasteiger partial charge >= 0.3 is 5.97 Å². The molecule has 6 nitrogen and oxygen atoms in total. The molecule has 2 atom stereocenters. The first-order valence-corrected chi connectivity index (χ1v) is 42.8. The summed E-state index contributed by atoms with van der Waals surface area (Å²) < 4.78 is 5.53. The van der Waals surface area contributed by atoms with Crippen LogP contribution in [0.15, 0.2) is 0 Å². The highest BCUT2D eigenvalue weighted by atomic mass is 16.5. The van der Waals surface area contributed by atoms with E-state index in [1.165, 1.54) is 437 Å². The van der Waals surface area contributed by atoms with E-state index in [4.69, 9.17) is 4.74 Å². The van der Waals surface area contributed by atoms with Crippen LogP contribution < -0.4 is 5.32 Å². The molecule has 0 radical (unpaired) electrons. The van der Waals surface area contributed by atoms with Crippen molar-refractivity contribution in [3.63, 3.8) is 0 Å². The Bertz CT molecular complexity index is 1340. The Morgan fingerprint density at radius 3 is 0.670 bits per heavy atom. The monoisotopic (exact) mass is 1280 g/mol. The van der Waals surface area contributed by atoms with Gasteiger partial charge in [0.05, 0.1) is 25.4 Å². The zero-order chi connectivity index (χ0) is 65.6. The quantitative estimate of drug-likeness (QED) is 0.0417. The zero-order valence-corrected chi connectivity index (χ0v) is 62.6. The van der Waals surface area contributed by atoms with Crippen molar-refractivity contribution in [3.8, 4) is 0 Å². The number of unbranched alkanes of at least 4 members (excludes halogenated alkanes) is 71. The lowest BCUT2D eigenvalue weighted by molar-refractivity contribution is -0.143. The second kappa shape index (κ2) is 81.3. The predicted molar refractivity (Wildman–Crippen MR) is 403 cm³/mol. The Morgan fingerprint density at radius 1 is 0.264 bits per heavy atom. The van der Waals surface area contributed by atoms with Crippen LogP contribution in [0.3, 0.4) is 0 Å². The van der Waals surface area contributed by atoms with Crippen molar-refractivity contribution in [2.45, 2.75) is 520 Å². The highest BCUT2D eigenvalue weighted by Gasteiger charge is 2.20. The van der Waals surface area contributed by atoms with E-state index in [-0.39, 0.29) is 18.5 Å². The Morgan fingerprint density at radius 2 is 0.451 bits per heavy atom. The molecule has 0 aliphatic heterocycles. The van der Waals surface area contributed by atoms with Crippen LogP contribution in [0, 0.1) is 0 Å². The molecule has 0 aromatic heterocycles. The Labute approximate surface area is 572 Å². The van der Waals surface area contributed by atoms with Crippen molar-refractivity contribution in [2.24, 2.45) is 0 Å². The van der Waals surface area contributed by atoms with Gasteiger partial charge in [0.15, 0.2) is 0 Å². The molecule has 0 aliphatic carbocycles. The SMILES string of the molecule is CCCCCCCCCCCCCCCCCCCCCCCCC(O)C(CO)NC(=O)CCCCCCCCCCCCCCCCCCCCCCCCCCCCCCCCCCCOC(=O)CCCCCCCCCCCCCCCCCCCCC. The van der Waals surface area contributed by atoms with Gasteiger partial charge in [-0.1, -0.05) is 470 Å². The minimum atomic E-state index is -0.661. The average Bonchev–Trinajstić information content (AvgIpc) is 3.64. The van der Waals surface area contributed by atoms with Crippen LogP contribution in [0.4, 0.5) is 0 Å². The first-order valence-electron chi connectivity index (χ1n) is 42.8. The third-order valence-corrected chi connectivity index (χ3v) is 20.7. The van der Waals surface area contributed by atoms with Crippen LogP contribution in [0.5, 0.6) is 0 Å². The summed E-state index contributed by atoms with van der Waals surface area (Å²) in [5, 5.41) is 23.5. The normalized spacial score (nSPS) is 12.4. The lowest BCUT2D eigenvalue weighted by Crippen LogP contribution is -2.45. The van der Waals surface area contributed by atoms with E-state index < -0.39 is 12.1 Å². The topological polar surface area (TPSA) is 95.9 Å². The lowest BCUT2D eigenvalue weighted by Gasteiger charge is -2.22. The van der Waals surface area contributed by atoms with Gasteiger partial charge in [-0.25, -0.2) is 0 Å². The van der Waals surface area contributed by atoms with Crippen LogP contribution in [0.25, 0.3) is 0 Å².